The molecule has 1 amide bonds. The molecule has 1 aliphatic rings. The number of nitrogens with one attached hydrogen (secondary N) is 1. The summed E-state index contributed by atoms with van der Waals surface area (Å²) in [6, 6.07) is 15.9. The number of rotatable bonds is 8. The van der Waals surface area contributed by atoms with Crippen LogP contribution in [0, 0.1) is 0 Å². The summed E-state index contributed by atoms with van der Waals surface area (Å²) >= 11 is 1.15. The van der Waals surface area contributed by atoms with E-state index >= 15 is 0 Å². The predicted molar refractivity (Wildman–Crippen MR) is 118 cm³/mol. The minimum atomic E-state index is -3.53. The zero-order chi connectivity index (χ0) is 22.4. The standard InChI is InChI=1S/C21H22N4O5S2/c26-19(15-31-21-24-23-20(30-21)17-4-2-1-3-5-17)22-14-16-6-8-18(9-7-16)32(27,28)25-10-12-29-13-11-25/h1-9H,10-15H2,(H,22,26). The predicted octanol–water partition coefficient (Wildman–Crippen LogP) is 2.17. The highest BCUT2D eigenvalue weighted by Crippen LogP contribution is 2.23. The van der Waals surface area contributed by atoms with E-state index in [-0.39, 0.29) is 23.1 Å². The Labute approximate surface area is 190 Å². The maximum Gasteiger partial charge on any atom is 0.277 e. The molecule has 9 nitrogen and oxygen atoms in total. The Morgan fingerprint density at radius 3 is 2.47 bits per heavy atom. The first-order valence-electron chi connectivity index (χ1n) is 9.97. The number of carbonyl (C=O) groups is 1. The van der Waals surface area contributed by atoms with Gasteiger partial charge in [-0.05, 0) is 29.8 Å². The lowest BCUT2D eigenvalue weighted by Crippen LogP contribution is -2.40. The summed E-state index contributed by atoms with van der Waals surface area (Å²) < 4.78 is 37.5. The highest BCUT2D eigenvalue weighted by Gasteiger charge is 2.26. The summed E-state index contributed by atoms with van der Waals surface area (Å²) in [7, 11) is -3.53. The zero-order valence-corrected chi connectivity index (χ0v) is 18.8. The Hall–Kier alpha value is -2.73. The van der Waals surface area contributed by atoms with E-state index in [1.54, 1.807) is 24.3 Å². The number of nitrogens with zero attached hydrogens (tertiary/aromatic N) is 3. The summed E-state index contributed by atoms with van der Waals surface area (Å²) in [6.07, 6.45) is 0. The molecule has 1 N–H and O–H groups in total. The number of hydrogen-bond donors (Lipinski definition) is 1. The number of hydrogen-bond acceptors (Lipinski definition) is 8. The van der Waals surface area contributed by atoms with E-state index in [4.69, 9.17) is 9.15 Å². The number of sulfonamides is 1. The molecule has 0 atom stereocenters. The molecule has 11 heteroatoms. The van der Waals surface area contributed by atoms with Gasteiger partial charge < -0.3 is 14.5 Å². The molecular formula is C21H22N4O5S2. The van der Waals surface area contributed by atoms with Crippen LogP contribution in [-0.4, -0.2) is 60.9 Å². The molecule has 0 unspecified atom stereocenters. The molecular weight excluding hydrogens is 452 g/mol. The molecule has 2 aromatic carbocycles. The van der Waals surface area contributed by atoms with Crippen molar-refractivity contribution in [3.8, 4) is 11.5 Å². The first-order chi connectivity index (χ1) is 15.5. The van der Waals surface area contributed by atoms with Gasteiger partial charge in [0.2, 0.25) is 21.8 Å². The average molecular weight is 475 g/mol. The van der Waals surface area contributed by atoms with Gasteiger partial charge in [-0.2, -0.15) is 4.31 Å². The van der Waals surface area contributed by atoms with Gasteiger partial charge >= 0.3 is 0 Å². The topological polar surface area (TPSA) is 115 Å². The molecule has 0 radical (unpaired) electrons. The molecule has 0 spiro atoms. The van der Waals surface area contributed by atoms with Crippen LogP contribution in [0.5, 0.6) is 0 Å². The summed E-state index contributed by atoms with van der Waals surface area (Å²) in [4.78, 5) is 12.4. The lowest BCUT2D eigenvalue weighted by Gasteiger charge is -2.26. The summed E-state index contributed by atoms with van der Waals surface area (Å²) in [5.41, 5.74) is 1.61. The maximum atomic E-state index is 12.7. The van der Waals surface area contributed by atoms with Gasteiger partial charge in [0, 0.05) is 25.2 Å². The van der Waals surface area contributed by atoms with Crippen molar-refractivity contribution >= 4 is 27.7 Å². The third kappa shape index (κ3) is 5.54. The van der Waals surface area contributed by atoms with Gasteiger partial charge in [-0.25, -0.2) is 8.42 Å². The normalized spacial score (nSPS) is 14.9. The van der Waals surface area contributed by atoms with E-state index in [0.29, 0.717) is 37.4 Å². The van der Waals surface area contributed by atoms with Crippen LogP contribution in [0.3, 0.4) is 0 Å². The largest absolute Gasteiger partial charge is 0.411 e. The van der Waals surface area contributed by atoms with E-state index in [9.17, 15) is 13.2 Å². The van der Waals surface area contributed by atoms with Crippen molar-refractivity contribution in [3.05, 3.63) is 60.2 Å². The molecule has 0 saturated carbocycles. The van der Waals surface area contributed by atoms with Crippen LogP contribution in [0.1, 0.15) is 5.56 Å². The molecule has 168 valence electrons. The second kappa shape index (κ2) is 10.3. The van der Waals surface area contributed by atoms with Gasteiger partial charge in [-0.15, -0.1) is 10.2 Å². The van der Waals surface area contributed by atoms with Crippen molar-refractivity contribution in [2.24, 2.45) is 0 Å². The summed E-state index contributed by atoms with van der Waals surface area (Å²) in [5, 5.41) is 11.1. The second-order valence-corrected chi connectivity index (χ2v) is 9.83. The molecule has 1 aliphatic heterocycles. The third-order valence-corrected chi connectivity index (χ3v) is 7.51. The Morgan fingerprint density at radius 1 is 1.03 bits per heavy atom. The van der Waals surface area contributed by atoms with Gasteiger partial charge in [0.05, 0.1) is 23.9 Å². The molecule has 1 saturated heterocycles. The number of aromatic nitrogens is 2. The highest BCUT2D eigenvalue weighted by molar-refractivity contribution is 7.99. The Bertz CT molecular complexity index is 1140. The Balaban J connectivity index is 1.26. The van der Waals surface area contributed by atoms with Crippen LogP contribution in [0.15, 0.2) is 69.1 Å². The second-order valence-electron chi connectivity index (χ2n) is 6.96. The van der Waals surface area contributed by atoms with Crippen molar-refractivity contribution in [2.45, 2.75) is 16.7 Å². The van der Waals surface area contributed by atoms with Crippen LogP contribution < -0.4 is 5.32 Å². The molecule has 0 bridgehead atoms. The third-order valence-electron chi connectivity index (χ3n) is 4.77. The minimum absolute atomic E-state index is 0.125. The number of benzene rings is 2. The van der Waals surface area contributed by atoms with Crippen molar-refractivity contribution in [1.29, 1.82) is 0 Å². The van der Waals surface area contributed by atoms with Crippen molar-refractivity contribution in [1.82, 2.24) is 19.8 Å². The van der Waals surface area contributed by atoms with Gasteiger partial charge in [0.15, 0.2) is 0 Å². The first-order valence-corrected chi connectivity index (χ1v) is 12.4. The van der Waals surface area contributed by atoms with Crippen molar-refractivity contribution in [2.75, 3.05) is 32.1 Å². The smallest absolute Gasteiger partial charge is 0.277 e. The number of ether oxygens (including phenoxy) is 1. The Morgan fingerprint density at radius 2 is 1.75 bits per heavy atom. The van der Waals surface area contributed by atoms with Gasteiger partial charge in [0.25, 0.3) is 5.22 Å². The van der Waals surface area contributed by atoms with Crippen LogP contribution in [0.25, 0.3) is 11.5 Å². The van der Waals surface area contributed by atoms with E-state index in [0.717, 1.165) is 22.9 Å². The molecule has 32 heavy (non-hydrogen) atoms. The van der Waals surface area contributed by atoms with Gasteiger partial charge in [-0.1, -0.05) is 42.1 Å². The summed E-state index contributed by atoms with van der Waals surface area (Å²) in [5.74, 6) is 0.333. The molecule has 1 fully saturated rings. The number of carbonyl (C=O) groups excluding carboxylic acids is 1. The maximum absolute atomic E-state index is 12.7. The average Bonchev–Trinajstić information content (AvgIpc) is 3.32. The lowest BCUT2D eigenvalue weighted by molar-refractivity contribution is -0.118. The van der Waals surface area contributed by atoms with Gasteiger partial charge in [0.1, 0.15) is 0 Å². The quantitative estimate of drug-likeness (QED) is 0.494. The fraction of sp³-hybridized carbons (Fsp3) is 0.286. The number of amides is 1. The Kier molecular flexibility index (Phi) is 7.20. The molecule has 0 aliphatic carbocycles. The fourth-order valence-corrected chi connectivity index (χ4v) is 5.06. The molecule has 4 rings (SSSR count). The molecule has 2 heterocycles. The van der Waals surface area contributed by atoms with Crippen molar-refractivity contribution in [3.63, 3.8) is 0 Å². The summed E-state index contributed by atoms with van der Waals surface area (Å²) in [6.45, 7) is 1.79. The molecule has 3 aromatic rings. The van der Waals surface area contributed by atoms with Crippen LogP contribution in [0.4, 0.5) is 0 Å². The monoisotopic (exact) mass is 474 g/mol. The van der Waals surface area contributed by atoms with Crippen molar-refractivity contribution < 1.29 is 22.4 Å². The lowest BCUT2D eigenvalue weighted by atomic mass is 10.2. The van der Waals surface area contributed by atoms with Crippen LogP contribution in [-0.2, 0) is 26.1 Å². The van der Waals surface area contributed by atoms with E-state index in [1.165, 1.54) is 4.31 Å². The SMILES string of the molecule is O=C(CSc1nnc(-c2ccccc2)o1)NCc1ccc(S(=O)(=O)N2CCOCC2)cc1. The fourth-order valence-electron chi connectivity index (χ4n) is 3.06. The van der Waals surface area contributed by atoms with E-state index in [1.807, 2.05) is 30.3 Å². The van der Waals surface area contributed by atoms with E-state index < -0.39 is 10.0 Å². The number of thioether (sulfide) groups is 1. The molecule has 1 aromatic heterocycles. The zero-order valence-electron chi connectivity index (χ0n) is 17.1. The first kappa shape index (κ1) is 22.5. The van der Waals surface area contributed by atoms with Gasteiger partial charge in [-0.3, -0.25) is 4.79 Å². The van der Waals surface area contributed by atoms with Crippen LogP contribution >= 0.6 is 11.8 Å². The van der Waals surface area contributed by atoms with Crippen LogP contribution in [0.2, 0.25) is 0 Å². The highest BCUT2D eigenvalue weighted by atomic mass is 32.2. The number of morpholine rings is 1. The van der Waals surface area contributed by atoms with E-state index in [2.05, 4.69) is 15.5 Å². The minimum Gasteiger partial charge on any atom is -0.411 e.